The van der Waals surface area contributed by atoms with E-state index in [2.05, 4.69) is 21.2 Å². The maximum atomic E-state index is 13.0. The van der Waals surface area contributed by atoms with E-state index in [0.717, 1.165) is 5.56 Å². The maximum Gasteiger partial charge on any atom is 0.251 e. The second-order valence-electron chi connectivity index (χ2n) is 5.62. The summed E-state index contributed by atoms with van der Waals surface area (Å²) in [5, 5.41) is 2.85. The number of hydrogen-bond acceptors (Lipinski definition) is 4. The number of rotatable bonds is 6. The molecule has 2 aromatic carbocycles. The fourth-order valence-corrected chi connectivity index (χ4v) is 3.29. The van der Waals surface area contributed by atoms with Gasteiger partial charge in [0, 0.05) is 22.8 Å². The maximum absolute atomic E-state index is 13.0. The highest BCUT2D eigenvalue weighted by atomic mass is 79.9. The zero-order valence-corrected chi connectivity index (χ0v) is 16.2. The standard InChI is InChI=1S/C17H18BrFN2O3S/c1-11(12-3-5-15(19)6-4-12)20-17(22)13-7-14(18)9-16(8-13)21(2)10-25(23)24/h3-9,11,25H,10H2,1-2H3,(H,20,22)/t11-/m1/s1. The number of carbonyl (C=O) groups excluding carboxylic acids is 1. The lowest BCUT2D eigenvalue weighted by molar-refractivity contribution is 0.0940. The number of nitrogens with one attached hydrogen (secondary N) is 1. The van der Waals surface area contributed by atoms with E-state index >= 15 is 0 Å². The van der Waals surface area contributed by atoms with Gasteiger partial charge in [0.15, 0.2) is 10.7 Å². The van der Waals surface area contributed by atoms with E-state index in [-0.39, 0.29) is 23.6 Å². The highest BCUT2D eigenvalue weighted by Crippen LogP contribution is 2.23. The average molecular weight is 429 g/mol. The first kappa shape index (κ1) is 19.4. The van der Waals surface area contributed by atoms with Gasteiger partial charge in [0.1, 0.15) is 11.7 Å². The van der Waals surface area contributed by atoms with Crippen LogP contribution in [0, 0.1) is 5.82 Å². The van der Waals surface area contributed by atoms with Gasteiger partial charge >= 0.3 is 0 Å². The predicted molar refractivity (Wildman–Crippen MR) is 100 cm³/mol. The molecule has 25 heavy (non-hydrogen) atoms. The Hall–Kier alpha value is -1.93. The fourth-order valence-electron chi connectivity index (χ4n) is 2.30. The van der Waals surface area contributed by atoms with Gasteiger partial charge in [0.05, 0.1) is 6.04 Å². The fraction of sp³-hybridized carbons (Fsp3) is 0.235. The smallest absolute Gasteiger partial charge is 0.251 e. The van der Waals surface area contributed by atoms with Crippen molar-refractivity contribution in [2.24, 2.45) is 0 Å². The Bertz CT molecular complexity index is 832. The summed E-state index contributed by atoms with van der Waals surface area (Å²) in [6.07, 6.45) is 0. The summed E-state index contributed by atoms with van der Waals surface area (Å²) in [6.45, 7) is 1.80. The Morgan fingerprint density at radius 1 is 1.24 bits per heavy atom. The van der Waals surface area contributed by atoms with E-state index in [1.807, 2.05) is 0 Å². The number of nitrogens with zero attached hydrogens (tertiary/aromatic N) is 1. The Morgan fingerprint density at radius 3 is 2.48 bits per heavy atom. The zero-order valence-electron chi connectivity index (χ0n) is 13.7. The average Bonchev–Trinajstić information content (AvgIpc) is 2.54. The minimum absolute atomic E-state index is 0.140. The molecular weight excluding hydrogens is 411 g/mol. The van der Waals surface area contributed by atoms with Crippen molar-refractivity contribution < 1.29 is 17.6 Å². The lowest BCUT2D eigenvalue weighted by Crippen LogP contribution is -2.27. The topological polar surface area (TPSA) is 66.5 Å². The molecule has 2 aromatic rings. The summed E-state index contributed by atoms with van der Waals surface area (Å²) in [5.74, 6) is -0.781. The van der Waals surface area contributed by atoms with Crippen molar-refractivity contribution in [3.8, 4) is 0 Å². The van der Waals surface area contributed by atoms with Crippen LogP contribution < -0.4 is 10.2 Å². The van der Waals surface area contributed by atoms with Crippen molar-refractivity contribution in [1.82, 2.24) is 5.32 Å². The van der Waals surface area contributed by atoms with Crippen molar-refractivity contribution in [2.75, 3.05) is 17.8 Å². The Balaban J connectivity index is 2.18. The SMILES string of the molecule is C[C@@H](NC(=O)c1cc(Br)cc(N(C)C[SH](=O)=O)c1)c1ccc(F)cc1. The summed E-state index contributed by atoms with van der Waals surface area (Å²) in [5.41, 5.74) is 1.78. The molecule has 0 fully saturated rings. The molecule has 5 nitrogen and oxygen atoms in total. The van der Waals surface area contributed by atoms with Crippen LogP contribution >= 0.6 is 15.9 Å². The first-order chi connectivity index (χ1) is 11.8. The molecule has 8 heteroatoms. The summed E-state index contributed by atoms with van der Waals surface area (Å²) >= 11 is 3.34. The van der Waals surface area contributed by atoms with Crippen LogP contribution in [0.3, 0.4) is 0 Å². The second-order valence-corrected chi connectivity index (χ2v) is 7.48. The molecule has 0 heterocycles. The van der Waals surface area contributed by atoms with Gasteiger partial charge in [-0.3, -0.25) is 4.79 Å². The number of halogens is 2. The van der Waals surface area contributed by atoms with Crippen LogP contribution in [0.5, 0.6) is 0 Å². The predicted octanol–water partition coefficient (Wildman–Crippen LogP) is 3.08. The first-order valence-electron chi connectivity index (χ1n) is 7.46. The van der Waals surface area contributed by atoms with Gasteiger partial charge in [-0.15, -0.1) is 0 Å². The van der Waals surface area contributed by atoms with Crippen LogP contribution in [0.1, 0.15) is 28.9 Å². The Morgan fingerprint density at radius 2 is 1.88 bits per heavy atom. The molecule has 0 radical (unpaired) electrons. The first-order valence-corrected chi connectivity index (χ1v) is 9.61. The van der Waals surface area contributed by atoms with Crippen molar-refractivity contribution in [1.29, 1.82) is 0 Å². The van der Waals surface area contributed by atoms with Crippen LogP contribution in [-0.4, -0.2) is 27.2 Å². The number of hydrogen-bond donors (Lipinski definition) is 2. The van der Waals surface area contributed by atoms with Crippen LogP contribution in [0.4, 0.5) is 10.1 Å². The van der Waals surface area contributed by atoms with Crippen molar-refractivity contribution in [3.63, 3.8) is 0 Å². The van der Waals surface area contributed by atoms with Crippen molar-refractivity contribution in [2.45, 2.75) is 13.0 Å². The number of amides is 1. The molecule has 1 atom stereocenters. The Kier molecular flexibility index (Phi) is 6.55. The molecule has 0 saturated heterocycles. The van der Waals surface area contributed by atoms with Gasteiger partial charge in [0.2, 0.25) is 0 Å². The molecule has 0 unspecified atom stereocenters. The van der Waals surface area contributed by atoms with Crippen LogP contribution in [0.2, 0.25) is 0 Å². The molecule has 0 aromatic heterocycles. The third kappa shape index (κ3) is 5.54. The Labute approximate surface area is 155 Å². The van der Waals surface area contributed by atoms with Crippen LogP contribution in [0.15, 0.2) is 46.9 Å². The molecule has 0 saturated carbocycles. The molecular formula is C17H18BrFN2O3S. The van der Waals surface area contributed by atoms with E-state index in [1.54, 1.807) is 44.3 Å². The van der Waals surface area contributed by atoms with Crippen molar-refractivity contribution >= 4 is 38.2 Å². The third-order valence-corrected chi connectivity index (χ3v) is 4.74. The van der Waals surface area contributed by atoms with Gasteiger partial charge in [0.25, 0.3) is 5.91 Å². The minimum atomic E-state index is -2.57. The molecule has 0 aliphatic heterocycles. The monoisotopic (exact) mass is 428 g/mol. The third-order valence-electron chi connectivity index (χ3n) is 3.63. The summed E-state index contributed by atoms with van der Waals surface area (Å²) in [4.78, 5) is 14.0. The van der Waals surface area contributed by atoms with E-state index < -0.39 is 10.7 Å². The number of carbonyl (C=O) groups is 1. The number of benzene rings is 2. The summed E-state index contributed by atoms with van der Waals surface area (Å²) in [6, 6.07) is 10.6. The molecule has 134 valence electrons. The van der Waals surface area contributed by atoms with Gasteiger partial charge in [-0.2, -0.15) is 0 Å². The number of anilines is 1. The van der Waals surface area contributed by atoms with Gasteiger partial charge in [-0.1, -0.05) is 28.1 Å². The highest BCUT2D eigenvalue weighted by molar-refractivity contribution is 9.10. The molecule has 0 aliphatic carbocycles. The quantitative estimate of drug-likeness (QED) is 0.693. The van der Waals surface area contributed by atoms with Crippen molar-refractivity contribution in [3.05, 3.63) is 63.9 Å². The van der Waals surface area contributed by atoms with Gasteiger partial charge in [-0.25, -0.2) is 12.8 Å². The van der Waals surface area contributed by atoms with E-state index in [0.29, 0.717) is 15.7 Å². The minimum Gasteiger partial charge on any atom is -0.361 e. The second kappa shape index (κ2) is 8.44. The normalized spacial score (nSPS) is 12.0. The van der Waals surface area contributed by atoms with E-state index in [4.69, 9.17) is 0 Å². The molecule has 2 rings (SSSR count). The molecule has 0 spiro atoms. The van der Waals surface area contributed by atoms with E-state index in [9.17, 15) is 17.6 Å². The zero-order chi connectivity index (χ0) is 18.6. The highest BCUT2D eigenvalue weighted by Gasteiger charge is 2.14. The van der Waals surface area contributed by atoms with Gasteiger partial charge < -0.3 is 10.2 Å². The molecule has 1 N–H and O–H groups in total. The summed E-state index contributed by atoms with van der Waals surface area (Å²) < 4.78 is 35.4. The van der Waals surface area contributed by atoms with Crippen LogP contribution in [0.25, 0.3) is 0 Å². The number of thiol groups is 1. The largest absolute Gasteiger partial charge is 0.361 e. The summed E-state index contributed by atoms with van der Waals surface area (Å²) in [7, 11) is -0.931. The van der Waals surface area contributed by atoms with Crippen LogP contribution in [-0.2, 0) is 10.7 Å². The van der Waals surface area contributed by atoms with E-state index in [1.165, 1.54) is 17.0 Å². The van der Waals surface area contributed by atoms with Gasteiger partial charge in [-0.05, 0) is 42.8 Å². The lowest BCUT2D eigenvalue weighted by Gasteiger charge is -2.19. The lowest BCUT2D eigenvalue weighted by atomic mass is 10.1. The molecule has 0 aliphatic rings. The molecule has 1 amide bonds. The molecule has 0 bridgehead atoms.